The molecule has 0 spiro atoms. The molecule has 23 heavy (non-hydrogen) atoms. The Morgan fingerprint density at radius 2 is 1.39 bits per heavy atom. The second kappa shape index (κ2) is 13.5. The van der Waals surface area contributed by atoms with Crippen LogP contribution in [0.4, 0.5) is 0 Å². The Bertz CT molecular complexity index is 364. The van der Waals surface area contributed by atoms with E-state index < -0.39 is 15.6 Å². The van der Waals surface area contributed by atoms with Crippen LogP contribution in [0.5, 0.6) is 0 Å². The van der Waals surface area contributed by atoms with Crippen LogP contribution in [0.2, 0.25) is 0 Å². The Balaban J connectivity index is 4.45. The number of phosphoric ester groups is 2. The van der Waals surface area contributed by atoms with E-state index in [0.717, 1.165) is 12.8 Å². The van der Waals surface area contributed by atoms with E-state index >= 15 is 0 Å². The van der Waals surface area contributed by atoms with Crippen molar-refractivity contribution >= 4 is 15.6 Å². The molecule has 11 heteroatoms. The number of unbranched alkanes of at least 4 members (excludes halogenated alkanes) is 2. The second-order valence-electron chi connectivity index (χ2n) is 4.54. The number of phosphoric acid groups is 2. The molecule has 0 aliphatic carbocycles. The fourth-order valence-corrected chi connectivity index (χ4v) is 3.92. The maximum Gasteiger partial charge on any atom is 0.483 e. The molecule has 0 saturated carbocycles. The average molecular weight is 378 g/mol. The Morgan fingerprint density at radius 3 is 1.87 bits per heavy atom. The molecule has 9 nitrogen and oxygen atoms in total. The van der Waals surface area contributed by atoms with Crippen molar-refractivity contribution < 1.29 is 41.7 Å². The van der Waals surface area contributed by atoms with Crippen LogP contribution in [0.25, 0.3) is 0 Å². The van der Waals surface area contributed by atoms with Crippen LogP contribution in [-0.4, -0.2) is 49.6 Å². The van der Waals surface area contributed by atoms with Gasteiger partial charge < -0.3 is 14.7 Å². The van der Waals surface area contributed by atoms with Crippen LogP contribution in [0, 0.1) is 0 Å². The quantitative estimate of drug-likeness (QED) is 0.308. The van der Waals surface area contributed by atoms with Gasteiger partial charge in [-0.1, -0.05) is 26.7 Å². The highest BCUT2D eigenvalue weighted by Gasteiger charge is 2.38. The van der Waals surface area contributed by atoms with Crippen molar-refractivity contribution in [3.05, 3.63) is 0 Å². The molecular weight excluding hydrogens is 350 g/mol. The fraction of sp³-hybridized carbons (Fsp3) is 1.00. The van der Waals surface area contributed by atoms with E-state index in [4.69, 9.17) is 18.9 Å². The number of aliphatic hydroxyl groups excluding tert-OH is 1. The van der Waals surface area contributed by atoms with Crippen LogP contribution in [0.1, 0.15) is 39.5 Å². The number of hydrogen-bond acceptors (Lipinski definition) is 8. The zero-order chi connectivity index (χ0) is 17.6. The topological polar surface area (TPSA) is 121 Å². The third kappa shape index (κ3) is 13.2. The molecule has 0 rings (SSSR count). The summed E-state index contributed by atoms with van der Waals surface area (Å²) >= 11 is 0. The average Bonchev–Trinajstić information content (AvgIpc) is 2.47. The predicted molar refractivity (Wildman–Crippen MR) is 84.1 cm³/mol. The lowest BCUT2D eigenvalue weighted by Gasteiger charge is -2.20. The molecule has 0 aromatic heterocycles. The molecule has 0 fully saturated rings. The minimum absolute atomic E-state index is 0.0217. The highest BCUT2D eigenvalue weighted by Crippen LogP contribution is 2.63. The largest absolute Gasteiger partial charge is 0.483 e. The van der Waals surface area contributed by atoms with Gasteiger partial charge in [0.2, 0.25) is 0 Å². The maximum atomic E-state index is 12.4. The molecule has 1 atom stereocenters. The van der Waals surface area contributed by atoms with E-state index in [1.807, 2.05) is 13.8 Å². The number of aliphatic hydroxyl groups is 1. The molecule has 0 aliphatic heterocycles. The lowest BCUT2D eigenvalue weighted by atomic mass is 10.4. The van der Waals surface area contributed by atoms with Crippen molar-refractivity contribution in [2.45, 2.75) is 39.5 Å². The summed E-state index contributed by atoms with van der Waals surface area (Å²) < 4.78 is 48.4. The van der Waals surface area contributed by atoms with Crippen molar-refractivity contribution in [1.82, 2.24) is 0 Å². The Kier molecular flexibility index (Phi) is 13.6. The van der Waals surface area contributed by atoms with Crippen molar-refractivity contribution in [3.63, 3.8) is 0 Å². The van der Waals surface area contributed by atoms with Gasteiger partial charge >= 0.3 is 15.6 Å². The third-order valence-corrected chi connectivity index (χ3v) is 5.55. The third-order valence-electron chi connectivity index (χ3n) is 2.42. The van der Waals surface area contributed by atoms with Gasteiger partial charge in [-0.2, -0.15) is 4.31 Å². The zero-order valence-electron chi connectivity index (χ0n) is 13.7. The molecule has 2 N–H and O–H groups in total. The summed E-state index contributed by atoms with van der Waals surface area (Å²) in [5, 5.41) is 8.52. The molecule has 0 aromatic rings. The normalized spacial score (nSPS) is 14.8. The van der Waals surface area contributed by atoms with E-state index in [-0.39, 0.29) is 39.6 Å². The van der Waals surface area contributed by atoms with Gasteiger partial charge in [0, 0.05) is 0 Å². The van der Waals surface area contributed by atoms with E-state index in [2.05, 4.69) is 8.83 Å². The summed E-state index contributed by atoms with van der Waals surface area (Å²) in [6.45, 7) is 3.62. The first-order valence-electron chi connectivity index (χ1n) is 7.65. The first-order valence-corrected chi connectivity index (χ1v) is 10.6. The fourth-order valence-electron chi connectivity index (χ4n) is 1.25. The van der Waals surface area contributed by atoms with Crippen molar-refractivity contribution in [1.29, 1.82) is 0 Å². The van der Waals surface area contributed by atoms with E-state index in [0.29, 0.717) is 12.8 Å². The first kappa shape index (κ1) is 23.2. The van der Waals surface area contributed by atoms with Crippen LogP contribution < -0.4 is 0 Å². The summed E-state index contributed by atoms with van der Waals surface area (Å²) in [7, 11) is -8.80. The summed E-state index contributed by atoms with van der Waals surface area (Å²) in [4.78, 5) is 9.59. The molecule has 0 bridgehead atoms. The predicted octanol–water partition coefficient (Wildman–Crippen LogP) is 2.87. The molecule has 1 unspecified atom stereocenters. The van der Waals surface area contributed by atoms with Gasteiger partial charge in [0.15, 0.2) is 0 Å². The molecule has 0 amide bonds. The molecule has 0 radical (unpaired) electrons. The van der Waals surface area contributed by atoms with Gasteiger partial charge in [-0.15, -0.1) is 0 Å². The second-order valence-corrected chi connectivity index (χ2v) is 7.80. The van der Waals surface area contributed by atoms with Gasteiger partial charge in [-0.05, 0) is 12.8 Å². The van der Waals surface area contributed by atoms with Gasteiger partial charge in [-0.25, -0.2) is 9.13 Å². The SMILES string of the molecule is CCCCOP(=O)(OCCCC)OP(=O)(O)OCCOCCO. The smallest absolute Gasteiger partial charge is 0.394 e. The lowest BCUT2D eigenvalue weighted by molar-refractivity contribution is 0.0592. The monoisotopic (exact) mass is 378 g/mol. The minimum Gasteiger partial charge on any atom is -0.394 e. The summed E-state index contributed by atoms with van der Waals surface area (Å²) in [6, 6.07) is 0. The zero-order valence-corrected chi connectivity index (χ0v) is 15.5. The lowest BCUT2D eigenvalue weighted by Crippen LogP contribution is -2.08. The number of hydrogen-bond donors (Lipinski definition) is 2. The Labute approximate surface area is 137 Å². The Hall–Kier alpha value is 0.180. The van der Waals surface area contributed by atoms with Crippen LogP contribution >= 0.6 is 15.6 Å². The van der Waals surface area contributed by atoms with Gasteiger partial charge in [0.25, 0.3) is 0 Å². The minimum atomic E-state index is -4.62. The molecule has 0 aromatic carbocycles. The van der Waals surface area contributed by atoms with Crippen molar-refractivity contribution in [2.24, 2.45) is 0 Å². The molecular formula is C12H28O9P2. The van der Waals surface area contributed by atoms with Crippen molar-refractivity contribution in [2.75, 3.05) is 39.6 Å². The Morgan fingerprint density at radius 1 is 0.826 bits per heavy atom. The first-order chi connectivity index (χ1) is 10.9. The molecule has 140 valence electrons. The number of rotatable bonds is 16. The van der Waals surface area contributed by atoms with Gasteiger partial charge in [0.1, 0.15) is 0 Å². The summed E-state index contributed by atoms with van der Waals surface area (Å²) in [5.74, 6) is 0. The summed E-state index contributed by atoms with van der Waals surface area (Å²) in [5.41, 5.74) is 0. The number of ether oxygens (including phenoxy) is 1. The van der Waals surface area contributed by atoms with Crippen molar-refractivity contribution in [3.8, 4) is 0 Å². The van der Waals surface area contributed by atoms with Crippen LogP contribution in [0.15, 0.2) is 0 Å². The molecule has 0 saturated heterocycles. The van der Waals surface area contributed by atoms with E-state index in [1.54, 1.807) is 0 Å². The van der Waals surface area contributed by atoms with Gasteiger partial charge in [-0.3, -0.25) is 13.6 Å². The van der Waals surface area contributed by atoms with Crippen LogP contribution in [0.3, 0.4) is 0 Å². The van der Waals surface area contributed by atoms with Gasteiger partial charge in [0.05, 0.1) is 39.6 Å². The van der Waals surface area contributed by atoms with E-state index in [1.165, 1.54) is 0 Å². The summed E-state index contributed by atoms with van der Waals surface area (Å²) in [6.07, 6.45) is 2.81. The highest BCUT2D eigenvalue weighted by atomic mass is 31.3. The highest BCUT2D eigenvalue weighted by molar-refractivity contribution is 7.61. The van der Waals surface area contributed by atoms with E-state index in [9.17, 15) is 14.0 Å². The molecule has 0 aliphatic rings. The maximum absolute atomic E-state index is 12.4. The van der Waals surface area contributed by atoms with Crippen LogP contribution in [-0.2, 0) is 31.7 Å². The standard InChI is InChI=1S/C12H28O9P2/c1-3-5-8-19-23(16,20-9-6-4-2)21-22(14,15)18-12-11-17-10-7-13/h13H,3-12H2,1-2H3,(H,14,15). The molecule has 0 heterocycles.